The van der Waals surface area contributed by atoms with E-state index in [9.17, 15) is 19.8 Å². The minimum Gasteiger partial charge on any atom is -0.391 e. The first kappa shape index (κ1) is 25.7. The third kappa shape index (κ3) is 3.26. The number of aliphatic hydroxyl groups is 2. The Balaban J connectivity index is 1.37. The minimum atomic E-state index is -1.23. The first-order chi connectivity index (χ1) is 17.5. The Hall–Kier alpha value is -1.54. The fourth-order valence-corrected chi connectivity index (χ4v) is 9.48. The number of halogens is 2. The van der Waals surface area contributed by atoms with Gasteiger partial charge in [0.15, 0.2) is 17.2 Å². The van der Waals surface area contributed by atoms with E-state index in [4.69, 9.17) is 28.0 Å². The van der Waals surface area contributed by atoms with Gasteiger partial charge in [0.2, 0.25) is 0 Å². The molecule has 0 bridgehead atoms. The van der Waals surface area contributed by atoms with Crippen LogP contribution in [-0.2, 0) is 21.0 Å². The van der Waals surface area contributed by atoms with Crippen molar-refractivity contribution in [1.82, 2.24) is 5.06 Å². The molecule has 1 heterocycles. The van der Waals surface area contributed by atoms with Gasteiger partial charge < -0.3 is 10.2 Å². The molecule has 1 saturated heterocycles. The van der Waals surface area contributed by atoms with Crippen molar-refractivity contribution in [3.8, 4) is 0 Å². The first-order valence-electron chi connectivity index (χ1n) is 13.1. The standard InChI is InChI=1S/C29H33Cl2NO5/c1-26-10-9-21(34)11-18(26)5-8-22-23-12-19-15-32(14-17-3-6-20(30)7-4-17)37-29(19,25(36)16-33)27(23,2)13-24(35)28(22,26)31/h3-4,6-7,9-11,19,22-24,33,35H,5,8,12-16H2,1-2H3/t19-,22-,23-,24-,26-,27-,28-,29-/m0/s1. The number of ketones is 2. The van der Waals surface area contributed by atoms with Crippen LogP contribution in [0.15, 0.2) is 48.1 Å². The van der Waals surface area contributed by atoms with E-state index in [0.29, 0.717) is 18.1 Å². The summed E-state index contributed by atoms with van der Waals surface area (Å²) >= 11 is 13.6. The molecular formula is C29H33Cl2NO5. The second kappa shape index (κ2) is 8.48. The number of carbonyl (C=O) groups excluding carboxylic acids is 2. The number of carbonyl (C=O) groups is 2. The summed E-state index contributed by atoms with van der Waals surface area (Å²) in [4.78, 5) is 31.4. The topological polar surface area (TPSA) is 87.1 Å². The molecule has 0 aromatic heterocycles. The predicted octanol–water partition coefficient (Wildman–Crippen LogP) is 4.25. The maximum Gasteiger partial charge on any atom is 0.192 e. The molecule has 198 valence electrons. The Kier molecular flexibility index (Phi) is 5.89. The number of rotatable bonds is 4. The van der Waals surface area contributed by atoms with E-state index >= 15 is 0 Å². The molecule has 8 atom stereocenters. The highest BCUT2D eigenvalue weighted by atomic mass is 35.5. The molecule has 1 aromatic carbocycles. The van der Waals surface area contributed by atoms with E-state index in [1.165, 1.54) is 0 Å². The summed E-state index contributed by atoms with van der Waals surface area (Å²) in [5.41, 5.74) is -0.606. The van der Waals surface area contributed by atoms with E-state index in [-0.39, 0.29) is 35.7 Å². The SMILES string of the molecule is C[C@]12C=CC(=O)C=C1CC[C@H]1[C@@H]3C[C@H]4CN(Cc5ccc(Cl)cc5)O[C@@]4(C(=O)CO)[C@@]3(C)C[C@H](O)[C@@]12Cl. The second-order valence-corrected chi connectivity index (χ2v) is 13.1. The normalized spacial score (nSPS) is 44.6. The van der Waals surface area contributed by atoms with E-state index < -0.39 is 34.0 Å². The Morgan fingerprint density at radius 2 is 1.95 bits per heavy atom. The van der Waals surface area contributed by atoms with E-state index in [1.54, 1.807) is 12.2 Å². The van der Waals surface area contributed by atoms with Crippen molar-refractivity contribution in [2.75, 3.05) is 13.2 Å². The Bertz CT molecular complexity index is 1220. The quantitative estimate of drug-likeness (QED) is 0.550. The molecule has 1 aliphatic heterocycles. The molecule has 6 nitrogen and oxygen atoms in total. The fraction of sp³-hybridized carbons (Fsp3) is 0.586. The zero-order valence-electron chi connectivity index (χ0n) is 21.1. The highest BCUT2D eigenvalue weighted by Crippen LogP contribution is 2.73. The van der Waals surface area contributed by atoms with E-state index in [1.807, 2.05) is 49.3 Å². The number of allylic oxidation sites excluding steroid dienone is 4. The molecule has 3 saturated carbocycles. The van der Waals surface area contributed by atoms with Crippen LogP contribution in [0.3, 0.4) is 0 Å². The van der Waals surface area contributed by atoms with Gasteiger partial charge >= 0.3 is 0 Å². The summed E-state index contributed by atoms with van der Waals surface area (Å²) < 4.78 is 0. The molecule has 1 aromatic rings. The third-order valence-corrected chi connectivity index (χ3v) is 11.7. The van der Waals surface area contributed by atoms with E-state index in [0.717, 1.165) is 30.4 Å². The lowest BCUT2D eigenvalue weighted by Crippen LogP contribution is -2.69. The van der Waals surface area contributed by atoms with Crippen molar-refractivity contribution in [3.63, 3.8) is 0 Å². The lowest BCUT2D eigenvalue weighted by Gasteiger charge is -2.64. The molecule has 8 heteroatoms. The number of hydrogen-bond acceptors (Lipinski definition) is 6. The van der Waals surface area contributed by atoms with Gasteiger partial charge in [-0.2, -0.15) is 5.06 Å². The van der Waals surface area contributed by atoms with Crippen LogP contribution in [-0.4, -0.2) is 56.6 Å². The summed E-state index contributed by atoms with van der Waals surface area (Å²) in [6.45, 7) is 4.50. The van der Waals surface area contributed by atoms with Gasteiger partial charge in [0.25, 0.3) is 0 Å². The van der Waals surface area contributed by atoms with Crippen LogP contribution in [0.4, 0.5) is 0 Å². The van der Waals surface area contributed by atoms with Crippen LogP contribution < -0.4 is 0 Å². The molecule has 6 rings (SSSR count). The largest absolute Gasteiger partial charge is 0.391 e. The fourth-order valence-electron chi connectivity index (χ4n) is 8.83. The number of hydroxylamine groups is 2. The van der Waals surface area contributed by atoms with Crippen molar-refractivity contribution in [2.45, 2.75) is 62.7 Å². The number of fused-ring (bicyclic) bond motifs is 7. The first-order valence-corrected chi connectivity index (χ1v) is 13.9. The Morgan fingerprint density at radius 1 is 1.22 bits per heavy atom. The molecule has 0 radical (unpaired) electrons. The lowest BCUT2D eigenvalue weighted by molar-refractivity contribution is -0.252. The number of nitrogens with zero attached hydrogens (tertiary/aromatic N) is 1. The molecule has 37 heavy (non-hydrogen) atoms. The molecule has 0 spiro atoms. The lowest BCUT2D eigenvalue weighted by atomic mass is 9.45. The maximum atomic E-state index is 13.6. The van der Waals surface area contributed by atoms with Gasteiger partial charge in [-0.3, -0.25) is 14.4 Å². The average molecular weight is 546 g/mol. The Morgan fingerprint density at radius 3 is 2.65 bits per heavy atom. The monoisotopic (exact) mass is 545 g/mol. The van der Waals surface area contributed by atoms with Gasteiger partial charge in [0.05, 0.1) is 11.0 Å². The number of benzene rings is 1. The average Bonchev–Trinajstić information content (AvgIpc) is 3.34. The van der Waals surface area contributed by atoms with Crippen molar-refractivity contribution >= 4 is 34.8 Å². The molecule has 5 aliphatic rings. The van der Waals surface area contributed by atoms with Gasteiger partial charge in [0.1, 0.15) is 6.61 Å². The molecule has 2 N–H and O–H groups in total. The number of hydrogen-bond donors (Lipinski definition) is 2. The van der Waals surface area contributed by atoms with Crippen molar-refractivity contribution in [3.05, 3.63) is 58.7 Å². The minimum absolute atomic E-state index is 0.0241. The summed E-state index contributed by atoms with van der Waals surface area (Å²) in [5, 5.41) is 24.4. The van der Waals surface area contributed by atoms with Gasteiger partial charge in [-0.05, 0) is 67.4 Å². The molecule has 0 amide bonds. The van der Waals surface area contributed by atoms with Gasteiger partial charge in [0, 0.05) is 34.9 Å². The van der Waals surface area contributed by atoms with Gasteiger partial charge in [-0.15, -0.1) is 11.6 Å². The number of alkyl halides is 1. The summed E-state index contributed by atoms with van der Waals surface area (Å²) in [7, 11) is 0. The molecule has 0 unspecified atom stereocenters. The maximum absolute atomic E-state index is 13.6. The van der Waals surface area contributed by atoms with Crippen LogP contribution in [0.5, 0.6) is 0 Å². The van der Waals surface area contributed by atoms with Gasteiger partial charge in [-0.1, -0.05) is 49.2 Å². The zero-order valence-corrected chi connectivity index (χ0v) is 22.6. The van der Waals surface area contributed by atoms with Crippen LogP contribution >= 0.6 is 23.2 Å². The highest BCUT2D eigenvalue weighted by molar-refractivity contribution is 6.30. The van der Waals surface area contributed by atoms with Crippen LogP contribution in [0.2, 0.25) is 5.02 Å². The smallest absolute Gasteiger partial charge is 0.192 e. The van der Waals surface area contributed by atoms with Crippen molar-refractivity contribution in [2.24, 2.45) is 28.6 Å². The molecule has 4 fully saturated rings. The predicted molar refractivity (Wildman–Crippen MR) is 140 cm³/mol. The highest BCUT2D eigenvalue weighted by Gasteiger charge is 2.78. The van der Waals surface area contributed by atoms with E-state index in [2.05, 4.69) is 0 Å². The van der Waals surface area contributed by atoms with Crippen LogP contribution in [0, 0.1) is 28.6 Å². The number of Topliss-reactive ketones (excluding diaryl/α,β-unsaturated/α-hetero) is 1. The molecule has 4 aliphatic carbocycles. The number of aliphatic hydroxyl groups excluding tert-OH is 2. The van der Waals surface area contributed by atoms with Gasteiger partial charge in [-0.25, -0.2) is 0 Å². The summed E-state index contributed by atoms with van der Waals surface area (Å²) in [6, 6.07) is 7.54. The molecular weight excluding hydrogens is 513 g/mol. The second-order valence-electron chi connectivity index (χ2n) is 12.1. The third-order valence-electron chi connectivity index (χ3n) is 10.5. The summed E-state index contributed by atoms with van der Waals surface area (Å²) in [6.07, 6.45) is 6.65. The Labute approximate surface area is 227 Å². The zero-order chi connectivity index (χ0) is 26.4. The van der Waals surface area contributed by atoms with Crippen LogP contribution in [0.1, 0.15) is 45.1 Å². The summed E-state index contributed by atoms with van der Waals surface area (Å²) in [5.74, 6) is -0.561. The van der Waals surface area contributed by atoms with Crippen LogP contribution in [0.25, 0.3) is 0 Å². The van der Waals surface area contributed by atoms with Crippen molar-refractivity contribution in [1.29, 1.82) is 0 Å². The van der Waals surface area contributed by atoms with Crippen molar-refractivity contribution < 1.29 is 24.6 Å².